The minimum Gasteiger partial charge on any atom is -0.373 e. The number of aromatic nitrogens is 2. The number of ether oxygens (including phenoxy) is 1. The largest absolute Gasteiger partial charge is 0.373 e. The number of rotatable bonds is 6. The van der Waals surface area contributed by atoms with Crippen molar-refractivity contribution in [1.29, 1.82) is 0 Å². The molecule has 2 unspecified atom stereocenters. The van der Waals surface area contributed by atoms with Crippen LogP contribution in [0.25, 0.3) is 11.0 Å². The Hall–Kier alpha value is -3.23. The van der Waals surface area contributed by atoms with E-state index in [1.807, 2.05) is 18.2 Å². The van der Waals surface area contributed by atoms with E-state index < -0.39 is 11.1 Å². The van der Waals surface area contributed by atoms with Crippen LogP contribution in [0.3, 0.4) is 0 Å². The van der Waals surface area contributed by atoms with E-state index in [-0.39, 0.29) is 18.1 Å². The first kappa shape index (κ1) is 22.9. The lowest BCUT2D eigenvalue weighted by atomic mass is 10.1. The van der Waals surface area contributed by atoms with Gasteiger partial charge >= 0.3 is 11.1 Å². The van der Waals surface area contributed by atoms with Crippen molar-refractivity contribution in [3.8, 4) is 0 Å². The number of benzene rings is 2. The molecule has 33 heavy (non-hydrogen) atoms. The van der Waals surface area contributed by atoms with Crippen LogP contribution in [0.1, 0.15) is 42.3 Å². The lowest BCUT2D eigenvalue weighted by Gasteiger charge is -2.35. The van der Waals surface area contributed by atoms with E-state index in [0.29, 0.717) is 29.7 Å². The number of H-pyrrole nitrogens is 1. The van der Waals surface area contributed by atoms with Crippen molar-refractivity contribution in [2.45, 2.75) is 52.6 Å². The van der Waals surface area contributed by atoms with Crippen molar-refractivity contribution in [1.82, 2.24) is 19.8 Å². The second kappa shape index (κ2) is 9.72. The molecule has 1 aliphatic rings. The molecule has 1 saturated heterocycles. The number of carbonyl (C=O) groups is 1. The van der Waals surface area contributed by atoms with Gasteiger partial charge in [0.1, 0.15) is 0 Å². The molecule has 0 radical (unpaired) electrons. The van der Waals surface area contributed by atoms with Crippen molar-refractivity contribution in [3.05, 3.63) is 79.9 Å². The molecule has 0 spiro atoms. The van der Waals surface area contributed by atoms with Crippen LogP contribution in [0, 0.1) is 0 Å². The highest BCUT2D eigenvalue weighted by atomic mass is 16.5. The summed E-state index contributed by atoms with van der Waals surface area (Å²) in [6, 6.07) is 13.1. The number of carbonyl (C=O) groups excluding carboxylic acids is 1. The summed E-state index contributed by atoms with van der Waals surface area (Å²) in [6.45, 7) is 9.31. The predicted octanol–water partition coefficient (Wildman–Crippen LogP) is 2.25. The van der Waals surface area contributed by atoms with E-state index in [9.17, 15) is 14.4 Å². The number of hydrogen-bond acceptors (Lipinski definition) is 5. The molecular formula is C25H30N4O4. The SMILES string of the molecule is CCn1c(=O)c(=O)[nH]c2cc(C(=O)NCc3ccccc3CN3CC(C)OC(C)C3)ccc21. The summed E-state index contributed by atoms with van der Waals surface area (Å²) in [5.74, 6) is -0.240. The fourth-order valence-electron chi connectivity index (χ4n) is 4.55. The van der Waals surface area contributed by atoms with Crippen LogP contribution in [0.2, 0.25) is 0 Å². The Balaban J connectivity index is 1.49. The average Bonchev–Trinajstić information content (AvgIpc) is 2.78. The molecule has 0 saturated carbocycles. The lowest BCUT2D eigenvalue weighted by Crippen LogP contribution is -2.45. The van der Waals surface area contributed by atoms with E-state index in [1.54, 1.807) is 25.1 Å². The summed E-state index contributed by atoms with van der Waals surface area (Å²) in [5, 5.41) is 2.99. The van der Waals surface area contributed by atoms with E-state index in [2.05, 4.69) is 35.1 Å². The summed E-state index contributed by atoms with van der Waals surface area (Å²) in [7, 11) is 0. The molecule has 4 rings (SSSR count). The number of aryl methyl sites for hydroxylation is 1. The van der Waals surface area contributed by atoms with Gasteiger partial charge in [-0.25, -0.2) is 0 Å². The van der Waals surface area contributed by atoms with Gasteiger partial charge in [0.15, 0.2) is 0 Å². The molecular weight excluding hydrogens is 420 g/mol. The second-order valence-electron chi connectivity index (χ2n) is 8.64. The third-order valence-electron chi connectivity index (χ3n) is 6.00. The molecule has 2 aromatic carbocycles. The topological polar surface area (TPSA) is 96.4 Å². The maximum atomic E-state index is 12.9. The first-order valence-corrected chi connectivity index (χ1v) is 11.4. The molecule has 2 atom stereocenters. The van der Waals surface area contributed by atoms with Gasteiger partial charge in [0, 0.05) is 38.3 Å². The number of morpholine rings is 1. The number of hydrogen-bond donors (Lipinski definition) is 2. The fraction of sp³-hybridized carbons (Fsp3) is 0.400. The molecule has 2 N–H and O–H groups in total. The Morgan fingerprint density at radius 3 is 2.48 bits per heavy atom. The normalized spacial score (nSPS) is 19.0. The maximum Gasteiger partial charge on any atom is 0.316 e. The minimum absolute atomic E-state index is 0.198. The van der Waals surface area contributed by atoms with Crippen LogP contribution in [-0.4, -0.2) is 45.7 Å². The fourth-order valence-corrected chi connectivity index (χ4v) is 4.55. The Morgan fingerprint density at radius 2 is 1.79 bits per heavy atom. The summed E-state index contributed by atoms with van der Waals surface area (Å²) < 4.78 is 7.23. The van der Waals surface area contributed by atoms with E-state index >= 15 is 0 Å². The standard InChI is InChI=1S/C25H30N4O4/c1-4-29-22-10-9-18(11-21(22)27-24(31)25(29)32)23(30)26-12-19-7-5-6-8-20(19)15-28-13-16(2)33-17(3)14-28/h5-11,16-17H,4,12-15H2,1-3H3,(H,26,30)(H,27,31). The van der Waals surface area contributed by atoms with Gasteiger partial charge < -0.3 is 19.6 Å². The summed E-state index contributed by atoms with van der Waals surface area (Å²) in [6.07, 6.45) is 0.396. The van der Waals surface area contributed by atoms with Crippen LogP contribution in [0.4, 0.5) is 0 Å². The van der Waals surface area contributed by atoms with Gasteiger partial charge in [-0.2, -0.15) is 0 Å². The Kier molecular flexibility index (Phi) is 6.76. The van der Waals surface area contributed by atoms with Crippen molar-refractivity contribution in [2.75, 3.05) is 13.1 Å². The lowest BCUT2D eigenvalue weighted by molar-refractivity contribution is -0.0705. The number of fused-ring (bicyclic) bond motifs is 1. The minimum atomic E-state index is -0.692. The van der Waals surface area contributed by atoms with Crippen molar-refractivity contribution >= 4 is 16.9 Å². The van der Waals surface area contributed by atoms with Crippen LogP contribution >= 0.6 is 0 Å². The number of nitrogens with one attached hydrogen (secondary N) is 2. The van der Waals surface area contributed by atoms with Gasteiger partial charge in [0.05, 0.1) is 23.2 Å². The van der Waals surface area contributed by atoms with Gasteiger partial charge in [-0.1, -0.05) is 24.3 Å². The number of nitrogens with zero attached hydrogens (tertiary/aromatic N) is 2. The van der Waals surface area contributed by atoms with Gasteiger partial charge in [-0.05, 0) is 50.1 Å². The molecule has 0 aliphatic carbocycles. The zero-order chi connectivity index (χ0) is 23.5. The quantitative estimate of drug-likeness (QED) is 0.562. The van der Waals surface area contributed by atoms with Gasteiger partial charge in [-0.15, -0.1) is 0 Å². The molecule has 0 bridgehead atoms. The predicted molar refractivity (Wildman–Crippen MR) is 127 cm³/mol. The zero-order valence-corrected chi connectivity index (χ0v) is 19.3. The highest BCUT2D eigenvalue weighted by Gasteiger charge is 2.22. The molecule has 8 heteroatoms. The van der Waals surface area contributed by atoms with Crippen LogP contribution < -0.4 is 16.4 Å². The van der Waals surface area contributed by atoms with Crippen LogP contribution in [0.5, 0.6) is 0 Å². The van der Waals surface area contributed by atoms with Gasteiger partial charge in [-0.3, -0.25) is 19.3 Å². The molecule has 2 heterocycles. The third kappa shape index (κ3) is 5.07. The number of amides is 1. The highest BCUT2D eigenvalue weighted by Crippen LogP contribution is 2.17. The van der Waals surface area contributed by atoms with E-state index in [1.165, 1.54) is 10.1 Å². The van der Waals surface area contributed by atoms with Crippen LogP contribution in [-0.2, 0) is 24.4 Å². The van der Waals surface area contributed by atoms with E-state index in [4.69, 9.17) is 4.74 Å². The monoisotopic (exact) mass is 450 g/mol. The molecule has 1 fully saturated rings. The van der Waals surface area contributed by atoms with Gasteiger partial charge in [0.2, 0.25) is 0 Å². The molecule has 8 nitrogen and oxygen atoms in total. The Morgan fingerprint density at radius 1 is 1.09 bits per heavy atom. The van der Waals surface area contributed by atoms with Crippen molar-refractivity contribution in [2.24, 2.45) is 0 Å². The first-order chi connectivity index (χ1) is 15.9. The van der Waals surface area contributed by atoms with Crippen LogP contribution in [0.15, 0.2) is 52.1 Å². The molecule has 1 amide bonds. The average molecular weight is 451 g/mol. The molecule has 1 aliphatic heterocycles. The number of aromatic amines is 1. The molecule has 174 valence electrons. The highest BCUT2D eigenvalue weighted by molar-refractivity contribution is 5.97. The summed E-state index contributed by atoms with van der Waals surface area (Å²) in [4.78, 5) is 41.8. The molecule has 3 aromatic rings. The Labute approximate surface area is 192 Å². The third-order valence-corrected chi connectivity index (χ3v) is 6.00. The molecule has 1 aromatic heterocycles. The van der Waals surface area contributed by atoms with Crippen molar-refractivity contribution in [3.63, 3.8) is 0 Å². The van der Waals surface area contributed by atoms with E-state index in [0.717, 1.165) is 25.2 Å². The summed E-state index contributed by atoms with van der Waals surface area (Å²) in [5.41, 5.74) is 2.43. The first-order valence-electron chi connectivity index (χ1n) is 11.4. The maximum absolute atomic E-state index is 12.9. The summed E-state index contributed by atoms with van der Waals surface area (Å²) >= 11 is 0. The second-order valence-corrected chi connectivity index (χ2v) is 8.64. The zero-order valence-electron chi connectivity index (χ0n) is 19.3. The Bertz CT molecular complexity index is 1270. The smallest absolute Gasteiger partial charge is 0.316 e. The van der Waals surface area contributed by atoms with Crippen molar-refractivity contribution < 1.29 is 9.53 Å². The van der Waals surface area contributed by atoms with Gasteiger partial charge in [0.25, 0.3) is 5.91 Å².